The summed E-state index contributed by atoms with van der Waals surface area (Å²) in [5, 5.41) is 19.9. The van der Waals surface area contributed by atoms with E-state index in [2.05, 4.69) is 0 Å². The van der Waals surface area contributed by atoms with E-state index in [1.54, 1.807) is 0 Å². The molecule has 0 aliphatic carbocycles. The van der Waals surface area contributed by atoms with Crippen LogP contribution in [0.2, 0.25) is 0 Å². The highest BCUT2D eigenvalue weighted by atomic mass is 32.2. The topological polar surface area (TPSA) is 118 Å². The molecule has 0 saturated carbocycles. The Morgan fingerprint density at radius 3 is 2.71 bits per heavy atom. The van der Waals surface area contributed by atoms with E-state index in [0.29, 0.717) is 12.0 Å². The Morgan fingerprint density at radius 2 is 2.14 bits per heavy atom. The van der Waals surface area contributed by atoms with E-state index in [4.69, 9.17) is 5.11 Å². The molecule has 0 amide bonds. The van der Waals surface area contributed by atoms with Gasteiger partial charge in [0, 0.05) is 18.7 Å². The number of nitro benzene ring substituents is 1. The van der Waals surface area contributed by atoms with E-state index in [1.807, 2.05) is 0 Å². The molecule has 21 heavy (non-hydrogen) atoms. The van der Waals surface area contributed by atoms with Gasteiger partial charge in [-0.05, 0) is 25.3 Å². The van der Waals surface area contributed by atoms with Crippen molar-refractivity contribution in [1.29, 1.82) is 0 Å². The van der Waals surface area contributed by atoms with E-state index in [9.17, 15) is 23.3 Å². The molecule has 1 fully saturated rings. The number of non-ortho nitro benzene ring substituents is 1. The van der Waals surface area contributed by atoms with Crippen molar-refractivity contribution in [2.45, 2.75) is 30.7 Å². The van der Waals surface area contributed by atoms with Gasteiger partial charge in [0.2, 0.25) is 10.0 Å². The number of aliphatic carboxylic acids is 1. The minimum atomic E-state index is -4.07. The molecule has 114 valence electrons. The highest BCUT2D eigenvalue weighted by molar-refractivity contribution is 7.89. The van der Waals surface area contributed by atoms with E-state index in [-0.39, 0.29) is 23.5 Å². The first kappa shape index (κ1) is 15.4. The smallest absolute Gasteiger partial charge is 0.322 e. The molecule has 0 spiro atoms. The second kappa shape index (κ2) is 5.41. The van der Waals surface area contributed by atoms with Gasteiger partial charge >= 0.3 is 5.97 Å². The van der Waals surface area contributed by atoms with Crippen LogP contribution >= 0.6 is 0 Å². The van der Waals surface area contributed by atoms with Crippen molar-refractivity contribution < 1.29 is 23.2 Å². The van der Waals surface area contributed by atoms with Gasteiger partial charge in [0.05, 0.1) is 9.82 Å². The van der Waals surface area contributed by atoms with Crippen molar-refractivity contribution in [1.82, 2.24) is 4.31 Å². The van der Waals surface area contributed by atoms with E-state index >= 15 is 0 Å². The number of rotatable bonds is 4. The summed E-state index contributed by atoms with van der Waals surface area (Å²) in [6.07, 6.45) is 0.687. The molecule has 1 aliphatic heterocycles. The zero-order valence-corrected chi connectivity index (χ0v) is 12.0. The highest BCUT2D eigenvalue weighted by Crippen LogP contribution is 2.30. The number of hydrogen-bond acceptors (Lipinski definition) is 5. The number of hydrogen-bond donors (Lipinski definition) is 1. The number of nitro groups is 1. The summed E-state index contributed by atoms with van der Waals surface area (Å²) in [6, 6.07) is 2.42. The maximum Gasteiger partial charge on any atom is 0.322 e. The number of carbonyl (C=O) groups is 1. The molecule has 1 aromatic carbocycles. The Morgan fingerprint density at radius 1 is 1.48 bits per heavy atom. The third kappa shape index (κ3) is 2.74. The molecule has 8 nitrogen and oxygen atoms in total. The van der Waals surface area contributed by atoms with Crippen molar-refractivity contribution >= 4 is 21.7 Å². The quantitative estimate of drug-likeness (QED) is 0.657. The molecule has 1 saturated heterocycles. The Labute approximate surface area is 121 Å². The lowest BCUT2D eigenvalue weighted by molar-refractivity contribution is -0.385. The maximum atomic E-state index is 12.6. The molecule has 0 unspecified atom stereocenters. The zero-order valence-electron chi connectivity index (χ0n) is 11.2. The fourth-order valence-corrected chi connectivity index (χ4v) is 4.28. The summed E-state index contributed by atoms with van der Waals surface area (Å²) in [5.74, 6) is -1.21. The van der Waals surface area contributed by atoms with E-state index in [1.165, 1.54) is 19.1 Å². The van der Waals surface area contributed by atoms with Crippen molar-refractivity contribution in [2.75, 3.05) is 6.54 Å². The second-order valence-corrected chi connectivity index (χ2v) is 6.68. The number of carboxylic acid groups (broad SMARTS) is 1. The van der Waals surface area contributed by atoms with Gasteiger partial charge < -0.3 is 5.11 Å². The minimum absolute atomic E-state index is 0.0986. The van der Waals surface area contributed by atoms with Gasteiger partial charge in [-0.3, -0.25) is 14.9 Å². The Balaban J connectivity index is 2.51. The predicted octanol–water partition coefficient (Wildman–Crippen LogP) is 1.14. The number of aryl methyl sites for hydroxylation is 1. The van der Waals surface area contributed by atoms with E-state index < -0.39 is 27.0 Å². The van der Waals surface area contributed by atoms with Crippen LogP contribution in [0.15, 0.2) is 23.1 Å². The first-order valence-electron chi connectivity index (χ1n) is 6.25. The molecule has 1 atom stereocenters. The molecule has 0 aromatic heterocycles. The normalized spacial score (nSPS) is 19.6. The number of carboxylic acids is 1. The van der Waals surface area contributed by atoms with Crippen LogP contribution in [0.25, 0.3) is 0 Å². The van der Waals surface area contributed by atoms with Gasteiger partial charge in [-0.1, -0.05) is 6.07 Å². The van der Waals surface area contributed by atoms with Crippen LogP contribution in [-0.2, 0) is 14.8 Å². The first-order chi connectivity index (χ1) is 9.75. The van der Waals surface area contributed by atoms with Gasteiger partial charge in [0.25, 0.3) is 5.69 Å². The van der Waals surface area contributed by atoms with Crippen molar-refractivity contribution in [3.63, 3.8) is 0 Å². The molecular formula is C12H14N2O6S. The van der Waals surface area contributed by atoms with E-state index in [0.717, 1.165) is 10.4 Å². The van der Waals surface area contributed by atoms with Crippen molar-refractivity contribution in [3.05, 3.63) is 33.9 Å². The van der Waals surface area contributed by atoms with Crippen molar-refractivity contribution in [2.24, 2.45) is 0 Å². The Hall–Kier alpha value is -2.00. The first-order valence-corrected chi connectivity index (χ1v) is 7.69. The molecule has 0 radical (unpaired) electrons. The minimum Gasteiger partial charge on any atom is -0.480 e. The zero-order chi connectivity index (χ0) is 15.8. The molecule has 1 aromatic rings. The molecule has 1 N–H and O–H groups in total. The van der Waals surface area contributed by atoms with Crippen LogP contribution in [0.1, 0.15) is 18.4 Å². The lowest BCUT2D eigenvalue weighted by Crippen LogP contribution is -2.40. The molecular weight excluding hydrogens is 300 g/mol. The Bertz CT molecular complexity index is 700. The Kier molecular flexibility index (Phi) is 3.97. The monoisotopic (exact) mass is 314 g/mol. The number of sulfonamides is 1. The largest absolute Gasteiger partial charge is 0.480 e. The molecule has 0 bridgehead atoms. The van der Waals surface area contributed by atoms with Crippen molar-refractivity contribution in [3.8, 4) is 0 Å². The van der Waals surface area contributed by atoms with Crippen LogP contribution in [-0.4, -0.2) is 41.3 Å². The van der Waals surface area contributed by atoms with Gasteiger partial charge in [-0.2, -0.15) is 4.31 Å². The second-order valence-electron chi connectivity index (χ2n) is 4.82. The standard InChI is InChI=1S/C12H14N2O6S/c1-8-4-5-9(14(17)18)7-11(8)21(19,20)13-6-2-3-10(13)12(15)16/h4-5,7,10H,2-3,6H2,1H3,(H,15,16)/t10-/m1/s1. The third-order valence-electron chi connectivity index (χ3n) is 3.46. The highest BCUT2D eigenvalue weighted by Gasteiger charge is 2.40. The van der Waals surface area contributed by atoms with Crippen LogP contribution in [0.3, 0.4) is 0 Å². The average Bonchev–Trinajstić information content (AvgIpc) is 2.88. The molecule has 2 rings (SSSR count). The van der Waals surface area contributed by atoms with Crippen LogP contribution in [0, 0.1) is 17.0 Å². The summed E-state index contributed by atoms with van der Waals surface area (Å²) in [4.78, 5) is 21.0. The lowest BCUT2D eigenvalue weighted by atomic mass is 10.2. The summed E-state index contributed by atoms with van der Waals surface area (Å²) >= 11 is 0. The van der Waals surface area contributed by atoms with Gasteiger partial charge in [-0.15, -0.1) is 0 Å². The van der Waals surface area contributed by atoms with Crippen LogP contribution < -0.4 is 0 Å². The fraction of sp³-hybridized carbons (Fsp3) is 0.417. The molecule has 9 heteroatoms. The van der Waals surface area contributed by atoms with Gasteiger partial charge in [0.1, 0.15) is 6.04 Å². The fourth-order valence-electron chi connectivity index (χ4n) is 2.38. The SMILES string of the molecule is Cc1ccc([N+](=O)[O-])cc1S(=O)(=O)N1CCC[C@@H]1C(=O)O. The summed E-state index contributed by atoms with van der Waals surface area (Å²) in [6.45, 7) is 1.61. The summed E-state index contributed by atoms with van der Waals surface area (Å²) < 4.78 is 26.1. The van der Waals surface area contributed by atoms with Crippen LogP contribution in [0.4, 0.5) is 5.69 Å². The average molecular weight is 314 g/mol. The van der Waals surface area contributed by atoms with Gasteiger partial charge in [-0.25, -0.2) is 8.42 Å². The lowest BCUT2D eigenvalue weighted by Gasteiger charge is -2.21. The number of benzene rings is 1. The third-order valence-corrected chi connectivity index (χ3v) is 5.51. The summed E-state index contributed by atoms with van der Waals surface area (Å²) in [7, 11) is -4.07. The van der Waals surface area contributed by atoms with Crippen LogP contribution in [0.5, 0.6) is 0 Å². The molecule has 1 heterocycles. The maximum absolute atomic E-state index is 12.6. The van der Waals surface area contributed by atoms with Gasteiger partial charge in [0.15, 0.2) is 0 Å². The molecule has 1 aliphatic rings. The summed E-state index contributed by atoms with van der Waals surface area (Å²) in [5.41, 5.74) is 0.00175. The number of nitrogens with zero attached hydrogens (tertiary/aromatic N) is 2. The predicted molar refractivity (Wildman–Crippen MR) is 72.4 cm³/mol.